The molecule has 0 aliphatic heterocycles. The van der Waals surface area contributed by atoms with Crippen LogP contribution in [0.1, 0.15) is 17.2 Å². The SMILES string of the molecule is COc1cncc(C(NN)c2ccc(Cl)nc2)c1. The first-order valence-electron chi connectivity index (χ1n) is 5.31. The molecule has 0 spiro atoms. The van der Waals surface area contributed by atoms with Gasteiger partial charge in [-0.3, -0.25) is 10.8 Å². The summed E-state index contributed by atoms with van der Waals surface area (Å²) in [4.78, 5) is 8.13. The van der Waals surface area contributed by atoms with Gasteiger partial charge in [-0.25, -0.2) is 10.4 Å². The Bertz CT molecular complexity index is 518. The van der Waals surface area contributed by atoms with Crippen LogP contribution in [0.3, 0.4) is 0 Å². The quantitative estimate of drug-likeness (QED) is 0.499. The molecule has 2 aromatic rings. The second kappa shape index (κ2) is 5.77. The van der Waals surface area contributed by atoms with Crippen LogP contribution in [-0.4, -0.2) is 17.1 Å². The monoisotopic (exact) mass is 264 g/mol. The van der Waals surface area contributed by atoms with E-state index in [1.54, 1.807) is 31.8 Å². The molecule has 5 nitrogen and oxygen atoms in total. The fourth-order valence-electron chi connectivity index (χ4n) is 1.65. The van der Waals surface area contributed by atoms with Crippen LogP contribution in [0.2, 0.25) is 5.15 Å². The van der Waals surface area contributed by atoms with Crippen LogP contribution in [0.5, 0.6) is 5.75 Å². The fraction of sp³-hybridized carbons (Fsp3) is 0.167. The van der Waals surface area contributed by atoms with Crippen LogP contribution in [-0.2, 0) is 0 Å². The van der Waals surface area contributed by atoms with Crippen molar-refractivity contribution in [2.45, 2.75) is 6.04 Å². The Hall–Kier alpha value is -1.69. The molecule has 3 N–H and O–H groups in total. The predicted molar refractivity (Wildman–Crippen MR) is 69.2 cm³/mol. The van der Waals surface area contributed by atoms with Crippen molar-refractivity contribution in [1.82, 2.24) is 15.4 Å². The Morgan fingerprint density at radius 1 is 1.28 bits per heavy atom. The molecule has 2 heterocycles. The maximum absolute atomic E-state index is 5.76. The van der Waals surface area contributed by atoms with Crippen molar-refractivity contribution >= 4 is 11.6 Å². The number of methoxy groups -OCH3 is 1. The van der Waals surface area contributed by atoms with Gasteiger partial charge >= 0.3 is 0 Å². The van der Waals surface area contributed by atoms with Gasteiger partial charge in [-0.2, -0.15) is 0 Å². The van der Waals surface area contributed by atoms with E-state index in [-0.39, 0.29) is 6.04 Å². The fourth-order valence-corrected chi connectivity index (χ4v) is 1.76. The Labute approximate surface area is 110 Å². The van der Waals surface area contributed by atoms with Gasteiger partial charge in [0.1, 0.15) is 10.9 Å². The van der Waals surface area contributed by atoms with Gasteiger partial charge in [0.05, 0.1) is 19.3 Å². The molecule has 0 bridgehead atoms. The van der Waals surface area contributed by atoms with Gasteiger partial charge in [-0.1, -0.05) is 17.7 Å². The average molecular weight is 265 g/mol. The Balaban J connectivity index is 2.35. The summed E-state index contributed by atoms with van der Waals surface area (Å²) in [6.07, 6.45) is 5.03. The predicted octanol–water partition coefficient (Wildman–Crippen LogP) is 1.69. The maximum atomic E-state index is 5.76. The number of halogens is 1. The highest BCUT2D eigenvalue weighted by molar-refractivity contribution is 6.29. The number of hydrogen-bond acceptors (Lipinski definition) is 5. The standard InChI is InChI=1S/C12H13ClN4O/c1-18-10-4-9(5-15-7-10)12(17-14)8-2-3-11(13)16-6-8/h2-7,12,17H,14H2,1H3. The zero-order valence-corrected chi connectivity index (χ0v) is 10.6. The first-order valence-corrected chi connectivity index (χ1v) is 5.69. The van der Waals surface area contributed by atoms with Crippen molar-refractivity contribution in [3.05, 3.63) is 53.1 Å². The van der Waals surface area contributed by atoms with E-state index in [9.17, 15) is 0 Å². The Morgan fingerprint density at radius 3 is 2.72 bits per heavy atom. The second-order valence-corrected chi connectivity index (χ2v) is 4.06. The van der Waals surface area contributed by atoms with E-state index in [2.05, 4.69) is 15.4 Å². The normalized spacial score (nSPS) is 12.2. The molecule has 1 atom stereocenters. The highest BCUT2D eigenvalue weighted by atomic mass is 35.5. The Morgan fingerprint density at radius 2 is 2.11 bits per heavy atom. The molecule has 0 radical (unpaired) electrons. The smallest absolute Gasteiger partial charge is 0.137 e. The van der Waals surface area contributed by atoms with Crippen LogP contribution >= 0.6 is 11.6 Å². The number of aromatic nitrogens is 2. The van der Waals surface area contributed by atoms with Crippen molar-refractivity contribution in [2.75, 3.05) is 7.11 Å². The highest BCUT2D eigenvalue weighted by Gasteiger charge is 2.13. The van der Waals surface area contributed by atoms with Gasteiger partial charge in [0.15, 0.2) is 0 Å². The van der Waals surface area contributed by atoms with Gasteiger partial charge < -0.3 is 4.74 Å². The minimum atomic E-state index is -0.211. The molecule has 0 aliphatic rings. The molecule has 0 saturated carbocycles. The average Bonchev–Trinajstić information content (AvgIpc) is 2.42. The van der Waals surface area contributed by atoms with Crippen molar-refractivity contribution in [2.24, 2.45) is 5.84 Å². The van der Waals surface area contributed by atoms with Crippen molar-refractivity contribution in [3.8, 4) is 5.75 Å². The van der Waals surface area contributed by atoms with E-state index in [0.717, 1.165) is 11.1 Å². The summed E-state index contributed by atoms with van der Waals surface area (Å²) in [6, 6.07) is 5.23. The summed E-state index contributed by atoms with van der Waals surface area (Å²) in [6.45, 7) is 0. The molecule has 2 rings (SSSR count). The molecule has 0 amide bonds. The molecule has 94 valence electrons. The number of ether oxygens (including phenoxy) is 1. The zero-order valence-electron chi connectivity index (χ0n) is 9.80. The topological polar surface area (TPSA) is 73.1 Å². The highest BCUT2D eigenvalue weighted by Crippen LogP contribution is 2.23. The molecule has 0 aromatic carbocycles. The third-order valence-electron chi connectivity index (χ3n) is 2.55. The van der Waals surface area contributed by atoms with Gasteiger partial charge in [-0.05, 0) is 23.3 Å². The number of nitrogens with two attached hydrogens (primary N) is 1. The summed E-state index contributed by atoms with van der Waals surface area (Å²) in [5.74, 6) is 6.26. The molecule has 0 saturated heterocycles. The molecule has 2 aromatic heterocycles. The van der Waals surface area contributed by atoms with Gasteiger partial charge in [0, 0.05) is 12.4 Å². The minimum absolute atomic E-state index is 0.211. The minimum Gasteiger partial charge on any atom is -0.495 e. The van der Waals surface area contributed by atoms with Crippen LogP contribution in [0.4, 0.5) is 0 Å². The second-order valence-electron chi connectivity index (χ2n) is 3.67. The van der Waals surface area contributed by atoms with E-state index in [4.69, 9.17) is 22.2 Å². The molecule has 18 heavy (non-hydrogen) atoms. The lowest BCUT2D eigenvalue weighted by Gasteiger charge is -2.16. The number of pyridine rings is 2. The molecular formula is C12H13ClN4O. The lowest BCUT2D eigenvalue weighted by atomic mass is 10.0. The Kier molecular flexibility index (Phi) is 4.09. The molecule has 0 aliphatic carbocycles. The molecule has 6 heteroatoms. The van der Waals surface area contributed by atoms with Crippen molar-refractivity contribution < 1.29 is 4.74 Å². The lowest BCUT2D eigenvalue weighted by molar-refractivity contribution is 0.411. The van der Waals surface area contributed by atoms with E-state index in [0.29, 0.717) is 10.9 Å². The van der Waals surface area contributed by atoms with E-state index in [1.807, 2.05) is 12.1 Å². The summed E-state index contributed by atoms with van der Waals surface area (Å²) in [7, 11) is 1.59. The van der Waals surface area contributed by atoms with E-state index in [1.165, 1.54) is 0 Å². The number of nitrogens with one attached hydrogen (secondary N) is 1. The van der Waals surface area contributed by atoms with Crippen molar-refractivity contribution in [3.63, 3.8) is 0 Å². The maximum Gasteiger partial charge on any atom is 0.137 e. The third kappa shape index (κ3) is 2.76. The molecule has 1 unspecified atom stereocenters. The van der Waals surface area contributed by atoms with Gasteiger partial charge in [0.25, 0.3) is 0 Å². The van der Waals surface area contributed by atoms with Crippen LogP contribution in [0.15, 0.2) is 36.8 Å². The molecule has 0 fully saturated rings. The number of nitrogens with zero attached hydrogens (tertiary/aromatic N) is 2. The number of hydrazine groups is 1. The first kappa shape index (κ1) is 12.8. The summed E-state index contributed by atoms with van der Waals surface area (Å²) >= 11 is 5.76. The van der Waals surface area contributed by atoms with Crippen LogP contribution in [0, 0.1) is 0 Å². The van der Waals surface area contributed by atoms with Crippen LogP contribution in [0.25, 0.3) is 0 Å². The molecular weight excluding hydrogens is 252 g/mol. The number of hydrogen-bond donors (Lipinski definition) is 2. The lowest BCUT2D eigenvalue weighted by Crippen LogP contribution is -2.29. The van der Waals surface area contributed by atoms with E-state index < -0.39 is 0 Å². The zero-order chi connectivity index (χ0) is 13.0. The third-order valence-corrected chi connectivity index (χ3v) is 2.78. The van der Waals surface area contributed by atoms with E-state index >= 15 is 0 Å². The summed E-state index contributed by atoms with van der Waals surface area (Å²) in [5.41, 5.74) is 4.52. The first-order chi connectivity index (χ1) is 8.74. The van der Waals surface area contributed by atoms with Crippen LogP contribution < -0.4 is 16.0 Å². The largest absolute Gasteiger partial charge is 0.495 e. The number of rotatable bonds is 4. The van der Waals surface area contributed by atoms with Crippen molar-refractivity contribution in [1.29, 1.82) is 0 Å². The summed E-state index contributed by atoms with van der Waals surface area (Å²) < 4.78 is 5.14. The van der Waals surface area contributed by atoms with Gasteiger partial charge in [-0.15, -0.1) is 0 Å². The summed E-state index contributed by atoms with van der Waals surface area (Å²) in [5, 5.41) is 0.443. The van der Waals surface area contributed by atoms with Gasteiger partial charge in [0.2, 0.25) is 0 Å².